The maximum Gasteiger partial charge on any atom is 0.145 e. The zero-order valence-electron chi connectivity index (χ0n) is 16.2. The molecular formula is C20H32N6. The van der Waals surface area contributed by atoms with Gasteiger partial charge in [-0.15, -0.1) is 13.2 Å². The minimum Gasteiger partial charge on any atom is -0.369 e. The molecule has 1 fully saturated rings. The van der Waals surface area contributed by atoms with Gasteiger partial charge in [0.15, 0.2) is 0 Å². The van der Waals surface area contributed by atoms with Crippen molar-refractivity contribution >= 4 is 16.7 Å². The Morgan fingerprint density at radius 2 is 1.88 bits per heavy atom. The van der Waals surface area contributed by atoms with E-state index in [1.165, 1.54) is 0 Å². The van der Waals surface area contributed by atoms with Crippen LogP contribution in [-0.2, 0) is 6.54 Å². The zero-order valence-corrected chi connectivity index (χ0v) is 16.2. The van der Waals surface area contributed by atoms with E-state index in [9.17, 15) is 0 Å². The van der Waals surface area contributed by atoms with E-state index in [4.69, 9.17) is 9.97 Å². The summed E-state index contributed by atoms with van der Waals surface area (Å²) >= 11 is 0. The lowest BCUT2D eigenvalue weighted by Gasteiger charge is -2.26. The highest BCUT2D eigenvalue weighted by atomic mass is 15.2. The van der Waals surface area contributed by atoms with Gasteiger partial charge in [-0.2, -0.15) is 0 Å². The summed E-state index contributed by atoms with van der Waals surface area (Å²) in [6.45, 7) is 13.0. The van der Waals surface area contributed by atoms with Gasteiger partial charge in [-0.05, 0) is 39.2 Å². The Balaban J connectivity index is 0.00000117. The van der Waals surface area contributed by atoms with Gasteiger partial charge in [0.25, 0.3) is 0 Å². The lowest BCUT2D eigenvalue weighted by molar-refractivity contribution is 0.228. The normalized spacial score (nSPS) is 14.9. The van der Waals surface area contributed by atoms with E-state index in [0.29, 0.717) is 0 Å². The van der Waals surface area contributed by atoms with E-state index >= 15 is 0 Å². The number of anilines is 1. The zero-order chi connectivity index (χ0) is 18.8. The number of para-hydroxylation sites is 1. The predicted molar refractivity (Wildman–Crippen MR) is 111 cm³/mol. The molecule has 0 spiro atoms. The molecule has 6 heteroatoms. The fourth-order valence-corrected chi connectivity index (χ4v) is 3.00. The molecule has 0 unspecified atom stereocenters. The summed E-state index contributed by atoms with van der Waals surface area (Å²) in [5.41, 5.74) is 1.02. The monoisotopic (exact) mass is 356 g/mol. The fourth-order valence-electron chi connectivity index (χ4n) is 3.00. The number of benzene rings is 1. The van der Waals surface area contributed by atoms with Crippen molar-refractivity contribution in [2.45, 2.75) is 13.0 Å². The highest BCUT2D eigenvalue weighted by Gasteiger charge is 2.13. The molecule has 1 aromatic carbocycles. The predicted octanol–water partition coefficient (Wildman–Crippen LogP) is 2.20. The molecule has 0 aliphatic carbocycles. The van der Waals surface area contributed by atoms with Crippen LogP contribution in [0.2, 0.25) is 0 Å². The average Bonchev–Trinajstić information content (AvgIpc) is 2.67. The van der Waals surface area contributed by atoms with E-state index in [1.54, 1.807) is 0 Å². The molecule has 2 heterocycles. The first kappa shape index (κ1) is 20.3. The van der Waals surface area contributed by atoms with E-state index in [1.807, 2.05) is 12.1 Å². The van der Waals surface area contributed by atoms with Crippen LogP contribution in [0, 0.1) is 0 Å². The highest BCUT2D eigenvalue weighted by molar-refractivity contribution is 5.88. The number of rotatable bonds is 7. The molecule has 0 bridgehead atoms. The molecule has 1 aromatic heterocycles. The van der Waals surface area contributed by atoms with E-state index in [2.05, 4.69) is 59.8 Å². The maximum absolute atomic E-state index is 4.81. The van der Waals surface area contributed by atoms with Gasteiger partial charge in [0.1, 0.15) is 11.6 Å². The Morgan fingerprint density at radius 3 is 2.62 bits per heavy atom. The summed E-state index contributed by atoms with van der Waals surface area (Å²) in [6, 6.07) is 8.26. The summed E-state index contributed by atoms with van der Waals surface area (Å²) in [5, 5.41) is 8.00. The van der Waals surface area contributed by atoms with Crippen molar-refractivity contribution in [2.75, 3.05) is 58.7 Å². The highest BCUT2D eigenvalue weighted by Crippen LogP contribution is 2.20. The Morgan fingerprint density at radius 1 is 1.15 bits per heavy atom. The molecule has 2 aromatic rings. The number of nitrogens with one attached hydrogen (secondary N) is 2. The number of fused-ring (bicyclic) bond motifs is 1. The van der Waals surface area contributed by atoms with Gasteiger partial charge in [-0.3, -0.25) is 4.90 Å². The third-order valence-corrected chi connectivity index (χ3v) is 4.30. The van der Waals surface area contributed by atoms with Crippen LogP contribution in [-0.4, -0.2) is 73.1 Å². The number of nitrogens with zero attached hydrogens (tertiary/aromatic N) is 4. The number of hydrogen-bond acceptors (Lipinski definition) is 6. The van der Waals surface area contributed by atoms with Crippen LogP contribution >= 0.6 is 0 Å². The van der Waals surface area contributed by atoms with Crippen molar-refractivity contribution in [1.82, 2.24) is 25.1 Å². The van der Waals surface area contributed by atoms with Crippen molar-refractivity contribution in [3.05, 3.63) is 43.2 Å². The van der Waals surface area contributed by atoms with Gasteiger partial charge in [0, 0.05) is 38.1 Å². The molecule has 1 aliphatic rings. The number of piperazine rings is 1. The summed E-state index contributed by atoms with van der Waals surface area (Å²) in [6.07, 6.45) is 1.10. The van der Waals surface area contributed by atoms with Crippen LogP contribution in [0.25, 0.3) is 10.9 Å². The van der Waals surface area contributed by atoms with Crippen LogP contribution in [0.4, 0.5) is 5.82 Å². The van der Waals surface area contributed by atoms with Crippen LogP contribution in [0.1, 0.15) is 12.2 Å². The molecule has 26 heavy (non-hydrogen) atoms. The quantitative estimate of drug-likeness (QED) is 0.586. The second-order valence-electron chi connectivity index (χ2n) is 6.62. The largest absolute Gasteiger partial charge is 0.369 e. The first-order valence-corrected chi connectivity index (χ1v) is 9.30. The van der Waals surface area contributed by atoms with Crippen LogP contribution in [0.15, 0.2) is 37.4 Å². The van der Waals surface area contributed by atoms with Crippen LogP contribution in [0.3, 0.4) is 0 Å². The molecule has 0 atom stereocenters. The molecule has 1 saturated heterocycles. The summed E-state index contributed by atoms with van der Waals surface area (Å²) in [5.74, 6) is 1.87. The molecule has 0 amide bonds. The van der Waals surface area contributed by atoms with Crippen LogP contribution in [0.5, 0.6) is 0 Å². The van der Waals surface area contributed by atoms with Crippen LogP contribution < -0.4 is 10.6 Å². The number of aromatic nitrogens is 2. The van der Waals surface area contributed by atoms with Crippen molar-refractivity contribution in [3.63, 3.8) is 0 Å². The second-order valence-corrected chi connectivity index (χ2v) is 6.62. The first-order chi connectivity index (χ1) is 12.7. The molecule has 0 radical (unpaired) electrons. The third-order valence-electron chi connectivity index (χ3n) is 4.30. The SMILES string of the molecule is C=C.CN(C)CCCNc1nc(CN2CCNCC2)nc2ccccc12. The van der Waals surface area contributed by atoms with E-state index in [0.717, 1.165) is 74.8 Å². The Kier molecular flexibility index (Phi) is 8.47. The van der Waals surface area contributed by atoms with Gasteiger partial charge >= 0.3 is 0 Å². The Bertz CT molecular complexity index is 666. The lowest BCUT2D eigenvalue weighted by atomic mass is 10.2. The maximum atomic E-state index is 4.81. The minimum absolute atomic E-state index is 0.818. The summed E-state index contributed by atoms with van der Waals surface area (Å²) in [7, 11) is 4.21. The van der Waals surface area contributed by atoms with Gasteiger partial charge in [-0.25, -0.2) is 9.97 Å². The topological polar surface area (TPSA) is 56.3 Å². The molecule has 3 rings (SSSR count). The average molecular weight is 357 g/mol. The number of hydrogen-bond donors (Lipinski definition) is 2. The Hall–Kier alpha value is -2.02. The molecule has 1 aliphatic heterocycles. The van der Waals surface area contributed by atoms with Crippen molar-refractivity contribution in [1.29, 1.82) is 0 Å². The summed E-state index contributed by atoms with van der Waals surface area (Å²) in [4.78, 5) is 14.2. The third kappa shape index (κ3) is 6.05. The van der Waals surface area contributed by atoms with E-state index < -0.39 is 0 Å². The molecule has 2 N–H and O–H groups in total. The molecule has 142 valence electrons. The Labute approximate surface area is 157 Å². The van der Waals surface area contributed by atoms with Crippen molar-refractivity contribution in [3.8, 4) is 0 Å². The van der Waals surface area contributed by atoms with Gasteiger partial charge < -0.3 is 15.5 Å². The minimum atomic E-state index is 0.818. The standard InChI is InChI=1S/C18H28N6.C2H4/c1-23(2)11-5-8-20-18-15-6-3-4-7-16(15)21-17(22-18)14-24-12-9-19-10-13-24;1-2/h3-4,6-7,19H,5,8-14H2,1-2H3,(H,20,21,22);1-2H2. The summed E-state index contributed by atoms with van der Waals surface area (Å²) < 4.78 is 0. The first-order valence-electron chi connectivity index (χ1n) is 9.30. The molecule has 6 nitrogen and oxygen atoms in total. The van der Waals surface area contributed by atoms with Gasteiger partial charge in [-0.1, -0.05) is 12.1 Å². The fraction of sp³-hybridized carbons (Fsp3) is 0.500. The van der Waals surface area contributed by atoms with Gasteiger partial charge in [0.2, 0.25) is 0 Å². The molecular weight excluding hydrogens is 324 g/mol. The lowest BCUT2D eigenvalue weighted by Crippen LogP contribution is -2.43. The second kappa shape index (κ2) is 10.9. The molecule has 0 saturated carbocycles. The van der Waals surface area contributed by atoms with Gasteiger partial charge in [0.05, 0.1) is 12.1 Å². The smallest absolute Gasteiger partial charge is 0.145 e. The van der Waals surface area contributed by atoms with Crippen molar-refractivity contribution < 1.29 is 0 Å². The van der Waals surface area contributed by atoms with E-state index in [-0.39, 0.29) is 0 Å². The van der Waals surface area contributed by atoms with Crippen molar-refractivity contribution in [2.24, 2.45) is 0 Å².